The molecule has 0 amide bonds. The van der Waals surface area contributed by atoms with E-state index >= 15 is 0 Å². The lowest BCUT2D eigenvalue weighted by molar-refractivity contribution is -0.0643. The molecule has 0 unspecified atom stereocenters. The summed E-state index contributed by atoms with van der Waals surface area (Å²) in [6, 6.07) is 10.2. The van der Waals surface area contributed by atoms with E-state index in [2.05, 4.69) is 4.98 Å². The van der Waals surface area contributed by atoms with Crippen LogP contribution in [0.15, 0.2) is 53.7 Å². The van der Waals surface area contributed by atoms with E-state index in [9.17, 15) is 13.5 Å². The van der Waals surface area contributed by atoms with Crippen molar-refractivity contribution < 1.29 is 18.3 Å². The second-order valence-electron chi connectivity index (χ2n) is 7.42. The molecule has 0 spiro atoms. The van der Waals surface area contributed by atoms with Gasteiger partial charge in [0.1, 0.15) is 5.75 Å². The summed E-state index contributed by atoms with van der Waals surface area (Å²) in [6.07, 6.45) is 5.83. The molecule has 27 heavy (non-hydrogen) atoms. The third-order valence-electron chi connectivity index (χ3n) is 6.01. The van der Waals surface area contributed by atoms with Crippen LogP contribution >= 0.6 is 0 Å². The van der Waals surface area contributed by atoms with Gasteiger partial charge >= 0.3 is 0 Å². The van der Waals surface area contributed by atoms with Crippen LogP contribution < -0.4 is 4.74 Å². The molecule has 144 valence electrons. The number of aliphatic hydroxyl groups is 1. The van der Waals surface area contributed by atoms with Gasteiger partial charge in [0, 0.05) is 37.0 Å². The predicted molar refractivity (Wildman–Crippen MR) is 101 cm³/mol. The largest absolute Gasteiger partial charge is 0.497 e. The minimum atomic E-state index is -3.60. The van der Waals surface area contributed by atoms with Crippen molar-refractivity contribution in [1.29, 1.82) is 0 Å². The fourth-order valence-electron chi connectivity index (χ4n) is 4.55. The number of sulfonamides is 1. The standard InChI is InChI=1S/C20H24N2O4S/c1-26-17-6-8-18(9-7-17)27(24,25)22-13-15-4-2-10-20(23,19(15)14-22)16-5-3-11-21-12-16/h3,5-9,11-12,15,19,23H,2,4,10,13-14H2,1H3/t15-,19-,20+/m1/s1. The summed E-state index contributed by atoms with van der Waals surface area (Å²) in [4.78, 5) is 4.40. The van der Waals surface area contributed by atoms with Gasteiger partial charge in [-0.25, -0.2) is 8.42 Å². The highest BCUT2D eigenvalue weighted by atomic mass is 32.2. The van der Waals surface area contributed by atoms with E-state index in [1.165, 1.54) is 4.31 Å². The van der Waals surface area contributed by atoms with Crippen molar-refractivity contribution in [3.05, 3.63) is 54.4 Å². The number of methoxy groups -OCH3 is 1. The molecule has 1 saturated heterocycles. The van der Waals surface area contributed by atoms with Crippen molar-refractivity contribution in [1.82, 2.24) is 9.29 Å². The van der Waals surface area contributed by atoms with Crippen LogP contribution in [-0.4, -0.2) is 43.0 Å². The quantitative estimate of drug-likeness (QED) is 0.870. The normalized spacial score (nSPS) is 28.7. The number of hydrogen-bond acceptors (Lipinski definition) is 5. The Balaban J connectivity index is 1.62. The minimum Gasteiger partial charge on any atom is -0.497 e. The highest BCUT2D eigenvalue weighted by molar-refractivity contribution is 7.89. The molecule has 1 aliphatic heterocycles. The molecule has 6 nitrogen and oxygen atoms in total. The molecule has 0 bridgehead atoms. The van der Waals surface area contributed by atoms with Crippen molar-refractivity contribution in [3.8, 4) is 5.75 Å². The average Bonchev–Trinajstić information content (AvgIpc) is 3.16. The molecule has 2 aromatic rings. The lowest BCUT2D eigenvalue weighted by atomic mass is 9.68. The SMILES string of the molecule is COc1ccc(S(=O)(=O)N2C[C@H]3CCC[C@](O)(c4cccnc4)[C@@H]3C2)cc1. The van der Waals surface area contributed by atoms with Gasteiger partial charge in [0.05, 0.1) is 17.6 Å². The van der Waals surface area contributed by atoms with Gasteiger partial charge in [0.25, 0.3) is 0 Å². The van der Waals surface area contributed by atoms with E-state index in [4.69, 9.17) is 4.74 Å². The second kappa shape index (κ2) is 6.89. The highest BCUT2D eigenvalue weighted by Crippen LogP contribution is 2.48. The van der Waals surface area contributed by atoms with Crippen LogP contribution in [-0.2, 0) is 15.6 Å². The van der Waals surface area contributed by atoms with Crippen LogP contribution in [0.25, 0.3) is 0 Å². The molecule has 2 heterocycles. The molecule has 1 N–H and O–H groups in total. The Morgan fingerprint density at radius 3 is 2.67 bits per heavy atom. The van der Waals surface area contributed by atoms with E-state index in [-0.39, 0.29) is 16.7 Å². The Bertz CT molecular complexity index is 901. The van der Waals surface area contributed by atoms with Crippen LogP contribution in [0.2, 0.25) is 0 Å². The molecular weight excluding hydrogens is 364 g/mol. The Kier molecular flexibility index (Phi) is 4.70. The second-order valence-corrected chi connectivity index (χ2v) is 9.36. The van der Waals surface area contributed by atoms with Gasteiger partial charge < -0.3 is 9.84 Å². The summed E-state index contributed by atoms with van der Waals surface area (Å²) in [5.41, 5.74) is -0.246. The number of hydrogen-bond donors (Lipinski definition) is 1. The first kappa shape index (κ1) is 18.4. The van der Waals surface area contributed by atoms with E-state index in [1.807, 2.05) is 12.1 Å². The molecule has 1 aliphatic carbocycles. The molecule has 1 aromatic heterocycles. The summed E-state index contributed by atoms with van der Waals surface area (Å²) < 4.78 is 32.9. The summed E-state index contributed by atoms with van der Waals surface area (Å²) >= 11 is 0. The summed E-state index contributed by atoms with van der Waals surface area (Å²) in [5.74, 6) is 0.649. The Labute approximate surface area is 159 Å². The molecular formula is C20H24N2O4S. The predicted octanol–water partition coefficient (Wildman–Crippen LogP) is 2.40. The van der Waals surface area contributed by atoms with Crippen molar-refractivity contribution in [2.24, 2.45) is 11.8 Å². The number of fused-ring (bicyclic) bond motifs is 1. The molecule has 2 aliphatic rings. The maximum absolute atomic E-state index is 13.1. The summed E-state index contributed by atoms with van der Waals surface area (Å²) in [5, 5.41) is 11.5. The highest BCUT2D eigenvalue weighted by Gasteiger charge is 2.52. The molecule has 2 fully saturated rings. The smallest absolute Gasteiger partial charge is 0.243 e. The van der Waals surface area contributed by atoms with Crippen molar-refractivity contribution in [2.45, 2.75) is 29.8 Å². The summed E-state index contributed by atoms with van der Waals surface area (Å²) in [6.45, 7) is 0.770. The molecule has 1 aromatic carbocycles. The number of aromatic nitrogens is 1. The minimum absolute atomic E-state index is 0.122. The lowest BCUT2D eigenvalue weighted by Gasteiger charge is -2.41. The number of benzene rings is 1. The number of pyridine rings is 1. The molecule has 4 rings (SSSR count). The van der Waals surface area contributed by atoms with E-state index in [0.717, 1.165) is 18.4 Å². The first-order valence-corrected chi connectivity index (χ1v) is 10.7. The van der Waals surface area contributed by atoms with Crippen molar-refractivity contribution in [2.75, 3.05) is 20.2 Å². The zero-order valence-corrected chi connectivity index (χ0v) is 16.1. The van der Waals surface area contributed by atoms with Crippen LogP contribution in [0, 0.1) is 11.8 Å². The topological polar surface area (TPSA) is 79.7 Å². The fourth-order valence-corrected chi connectivity index (χ4v) is 6.08. The lowest BCUT2D eigenvalue weighted by Crippen LogP contribution is -2.43. The van der Waals surface area contributed by atoms with E-state index in [0.29, 0.717) is 25.3 Å². The van der Waals surface area contributed by atoms with Crippen molar-refractivity contribution in [3.63, 3.8) is 0 Å². The van der Waals surface area contributed by atoms with Gasteiger partial charge in [-0.3, -0.25) is 4.98 Å². The maximum Gasteiger partial charge on any atom is 0.243 e. The molecule has 1 saturated carbocycles. The van der Waals surface area contributed by atoms with Gasteiger partial charge in [0.15, 0.2) is 0 Å². The molecule has 3 atom stereocenters. The first-order valence-electron chi connectivity index (χ1n) is 9.22. The maximum atomic E-state index is 13.1. The Hall–Kier alpha value is -1.96. The zero-order chi connectivity index (χ0) is 19.1. The van der Waals surface area contributed by atoms with Crippen LogP contribution in [0.4, 0.5) is 0 Å². The zero-order valence-electron chi connectivity index (χ0n) is 15.3. The van der Waals surface area contributed by atoms with Gasteiger partial charge in [0.2, 0.25) is 10.0 Å². The van der Waals surface area contributed by atoms with Crippen LogP contribution in [0.5, 0.6) is 5.75 Å². The number of rotatable bonds is 4. The summed E-state index contributed by atoms with van der Waals surface area (Å²) in [7, 11) is -2.05. The van der Waals surface area contributed by atoms with Gasteiger partial charge in [-0.2, -0.15) is 4.31 Å². The third-order valence-corrected chi connectivity index (χ3v) is 7.86. The third kappa shape index (κ3) is 3.13. The Morgan fingerprint density at radius 1 is 1.22 bits per heavy atom. The Morgan fingerprint density at radius 2 is 2.00 bits per heavy atom. The fraction of sp³-hybridized carbons (Fsp3) is 0.450. The molecule has 0 radical (unpaired) electrons. The van der Waals surface area contributed by atoms with Gasteiger partial charge in [-0.15, -0.1) is 0 Å². The van der Waals surface area contributed by atoms with E-state index < -0.39 is 15.6 Å². The van der Waals surface area contributed by atoms with E-state index in [1.54, 1.807) is 43.8 Å². The van der Waals surface area contributed by atoms with Crippen molar-refractivity contribution >= 4 is 10.0 Å². The van der Waals surface area contributed by atoms with Crippen LogP contribution in [0.3, 0.4) is 0 Å². The number of ether oxygens (including phenoxy) is 1. The van der Waals surface area contributed by atoms with Gasteiger partial charge in [-0.1, -0.05) is 6.07 Å². The monoisotopic (exact) mass is 388 g/mol. The number of nitrogens with zero attached hydrogens (tertiary/aromatic N) is 2. The molecule has 7 heteroatoms. The first-order chi connectivity index (χ1) is 12.9. The average molecular weight is 388 g/mol. The van der Waals surface area contributed by atoms with Gasteiger partial charge in [-0.05, 0) is 55.5 Å². The van der Waals surface area contributed by atoms with Crippen LogP contribution in [0.1, 0.15) is 24.8 Å².